The van der Waals surface area contributed by atoms with E-state index in [2.05, 4.69) is 25.8 Å². The van der Waals surface area contributed by atoms with Gasteiger partial charge in [0.15, 0.2) is 11.5 Å². The second kappa shape index (κ2) is 9.15. The predicted octanol–water partition coefficient (Wildman–Crippen LogP) is 4.77. The lowest BCUT2D eigenvalue weighted by atomic mass is 9.85. The molecule has 1 fully saturated rings. The molecule has 0 spiro atoms. The number of hydrogen-bond acceptors (Lipinski definition) is 6. The SMILES string of the molecule is CC(C)(C)c1ccc([C@H]2/C(=C(\O)c3ccc4c(c3)OCCO4)C(=O)C(=O)N2Cc2cccnc2)cc1. The molecule has 1 atom stereocenters. The van der Waals surface area contributed by atoms with Gasteiger partial charge in [-0.3, -0.25) is 14.6 Å². The molecule has 0 radical (unpaired) electrons. The quantitative estimate of drug-likeness (QED) is 0.326. The van der Waals surface area contributed by atoms with Gasteiger partial charge in [-0.2, -0.15) is 0 Å². The first kappa shape index (κ1) is 23.6. The van der Waals surface area contributed by atoms with Gasteiger partial charge in [0.25, 0.3) is 11.7 Å². The fourth-order valence-corrected chi connectivity index (χ4v) is 4.59. The van der Waals surface area contributed by atoms with Crippen LogP contribution in [0.4, 0.5) is 0 Å². The summed E-state index contributed by atoms with van der Waals surface area (Å²) in [5.74, 6) is -0.576. The van der Waals surface area contributed by atoms with Crippen molar-refractivity contribution in [3.05, 3.63) is 94.8 Å². The van der Waals surface area contributed by atoms with Gasteiger partial charge in [0.05, 0.1) is 11.6 Å². The summed E-state index contributed by atoms with van der Waals surface area (Å²) < 4.78 is 11.2. The number of nitrogens with zero attached hydrogens (tertiary/aromatic N) is 2. The second-order valence-corrected chi connectivity index (χ2v) is 10.0. The van der Waals surface area contributed by atoms with Crippen molar-refractivity contribution in [3.8, 4) is 11.5 Å². The van der Waals surface area contributed by atoms with Crippen molar-refractivity contribution in [1.82, 2.24) is 9.88 Å². The largest absolute Gasteiger partial charge is 0.507 e. The van der Waals surface area contributed by atoms with Crippen molar-refractivity contribution in [1.29, 1.82) is 0 Å². The summed E-state index contributed by atoms with van der Waals surface area (Å²) in [4.78, 5) is 32.2. The van der Waals surface area contributed by atoms with Gasteiger partial charge in [-0.05, 0) is 46.4 Å². The molecule has 2 aromatic carbocycles. The molecule has 36 heavy (non-hydrogen) atoms. The van der Waals surface area contributed by atoms with Crippen LogP contribution in [0.1, 0.15) is 49.1 Å². The third-order valence-electron chi connectivity index (χ3n) is 6.52. The lowest BCUT2D eigenvalue weighted by Gasteiger charge is -2.26. The molecular weight excluding hydrogens is 456 g/mol. The average Bonchev–Trinajstić information content (AvgIpc) is 3.13. The van der Waals surface area contributed by atoms with Crippen LogP contribution in [0.2, 0.25) is 0 Å². The number of pyridine rings is 1. The molecule has 5 rings (SSSR count). The van der Waals surface area contributed by atoms with Gasteiger partial charge in [0.1, 0.15) is 19.0 Å². The van der Waals surface area contributed by atoms with Crippen molar-refractivity contribution in [3.63, 3.8) is 0 Å². The van der Waals surface area contributed by atoms with Crippen molar-refractivity contribution in [2.24, 2.45) is 0 Å². The normalized spacial score (nSPS) is 19.0. The highest BCUT2D eigenvalue weighted by molar-refractivity contribution is 6.46. The maximum atomic E-state index is 13.3. The molecule has 7 nitrogen and oxygen atoms in total. The number of ketones is 1. The van der Waals surface area contributed by atoms with Crippen molar-refractivity contribution in [2.45, 2.75) is 38.8 Å². The number of aliphatic hydroxyl groups excluding tert-OH is 1. The zero-order valence-corrected chi connectivity index (χ0v) is 20.5. The fraction of sp³-hybridized carbons (Fsp3) is 0.276. The Bertz CT molecular complexity index is 1340. The number of aliphatic hydroxyl groups is 1. The molecule has 0 aliphatic carbocycles. The van der Waals surface area contributed by atoms with E-state index in [1.165, 1.54) is 4.90 Å². The molecule has 0 bridgehead atoms. The van der Waals surface area contributed by atoms with E-state index in [0.29, 0.717) is 30.3 Å². The van der Waals surface area contributed by atoms with E-state index in [4.69, 9.17) is 9.47 Å². The topological polar surface area (TPSA) is 89.0 Å². The Kier molecular flexibility index (Phi) is 6.00. The van der Waals surface area contributed by atoms with Gasteiger partial charge in [-0.25, -0.2) is 0 Å². The third kappa shape index (κ3) is 4.33. The van der Waals surface area contributed by atoms with E-state index in [1.807, 2.05) is 30.3 Å². The summed E-state index contributed by atoms with van der Waals surface area (Å²) in [6, 6.07) is 15.7. The first-order valence-electron chi connectivity index (χ1n) is 11.9. The molecule has 1 aromatic heterocycles. The summed E-state index contributed by atoms with van der Waals surface area (Å²) >= 11 is 0. The second-order valence-electron chi connectivity index (χ2n) is 10.0. The Morgan fingerprint density at radius 1 is 1.03 bits per heavy atom. The van der Waals surface area contributed by atoms with Crippen molar-refractivity contribution >= 4 is 17.4 Å². The predicted molar refractivity (Wildman–Crippen MR) is 135 cm³/mol. The van der Waals surface area contributed by atoms with E-state index in [0.717, 1.165) is 16.7 Å². The summed E-state index contributed by atoms with van der Waals surface area (Å²) in [6.07, 6.45) is 3.32. The standard InChI is InChI=1S/C29H28N2O5/c1-29(2,3)21-9-6-19(7-10-21)25-24(26(32)20-8-11-22-23(15-20)36-14-13-35-22)27(33)28(34)31(25)17-18-5-4-12-30-16-18/h4-12,15-16,25,32H,13-14,17H2,1-3H3/b26-24+/t25-/m0/s1. The van der Waals surface area contributed by atoms with Crippen LogP contribution < -0.4 is 9.47 Å². The molecule has 0 saturated carbocycles. The van der Waals surface area contributed by atoms with Gasteiger partial charge >= 0.3 is 0 Å². The molecule has 7 heteroatoms. The summed E-state index contributed by atoms with van der Waals surface area (Å²) in [5, 5.41) is 11.4. The van der Waals surface area contributed by atoms with Gasteiger partial charge < -0.3 is 19.5 Å². The Morgan fingerprint density at radius 2 is 1.75 bits per heavy atom. The van der Waals surface area contributed by atoms with Crippen LogP contribution in [0.25, 0.3) is 5.76 Å². The fourth-order valence-electron chi connectivity index (χ4n) is 4.59. The Hall–Kier alpha value is -4.13. The molecule has 1 saturated heterocycles. The van der Waals surface area contributed by atoms with Crippen LogP contribution in [0.5, 0.6) is 11.5 Å². The van der Waals surface area contributed by atoms with E-state index in [-0.39, 0.29) is 23.3 Å². The summed E-state index contributed by atoms with van der Waals surface area (Å²) in [5.41, 5.74) is 3.03. The highest BCUT2D eigenvalue weighted by Crippen LogP contribution is 2.42. The molecule has 3 aromatic rings. The summed E-state index contributed by atoms with van der Waals surface area (Å²) in [7, 11) is 0. The number of carbonyl (C=O) groups is 2. The zero-order chi connectivity index (χ0) is 25.4. The molecule has 0 unspecified atom stereocenters. The maximum absolute atomic E-state index is 13.3. The number of carbonyl (C=O) groups excluding carboxylic acids is 2. The third-order valence-corrected chi connectivity index (χ3v) is 6.52. The van der Waals surface area contributed by atoms with E-state index >= 15 is 0 Å². The Morgan fingerprint density at radius 3 is 2.42 bits per heavy atom. The molecule has 1 amide bonds. The number of hydrogen-bond donors (Lipinski definition) is 1. The number of ether oxygens (including phenoxy) is 2. The van der Waals surface area contributed by atoms with Crippen molar-refractivity contribution < 1.29 is 24.2 Å². The van der Waals surface area contributed by atoms with E-state index in [9.17, 15) is 14.7 Å². The Labute approximate surface area is 210 Å². The number of amides is 1. The van der Waals surface area contributed by atoms with Gasteiger partial charge in [0.2, 0.25) is 0 Å². The molecule has 2 aliphatic heterocycles. The number of rotatable bonds is 4. The molecule has 184 valence electrons. The van der Waals surface area contributed by atoms with Crippen LogP contribution in [0, 0.1) is 0 Å². The number of aromatic nitrogens is 1. The van der Waals surface area contributed by atoms with Gasteiger partial charge in [0, 0.05) is 24.5 Å². The molecule has 3 heterocycles. The maximum Gasteiger partial charge on any atom is 0.295 e. The highest BCUT2D eigenvalue weighted by Gasteiger charge is 2.46. The van der Waals surface area contributed by atoms with Gasteiger partial charge in [-0.15, -0.1) is 0 Å². The molecular formula is C29H28N2O5. The number of Topliss-reactive ketones (excluding diaryl/α,β-unsaturated/α-hetero) is 1. The van der Waals surface area contributed by atoms with Crippen LogP contribution in [0.15, 0.2) is 72.6 Å². The monoisotopic (exact) mass is 484 g/mol. The lowest BCUT2D eigenvalue weighted by Crippen LogP contribution is -2.29. The van der Waals surface area contributed by atoms with Crippen molar-refractivity contribution in [2.75, 3.05) is 13.2 Å². The van der Waals surface area contributed by atoms with Crippen LogP contribution in [0.3, 0.4) is 0 Å². The van der Waals surface area contributed by atoms with Gasteiger partial charge in [-0.1, -0.05) is 51.1 Å². The minimum absolute atomic E-state index is 0.0454. The lowest BCUT2D eigenvalue weighted by molar-refractivity contribution is -0.140. The minimum Gasteiger partial charge on any atom is -0.507 e. The van der Waals surface area contributed by atoms with Crippen LogP contribution in [-0.4, -0.2) is 39.9 Å². The van der Waals surface area contributed by atoms with E-state index < -0.39 is 17.7 Å². The molecule has 1 N–H and O–H groups in total. The number of likely N-dealkylation sites (tertiary alicyclic amines) is 1. The molecule has 2 aliphatic rings. The number of benzene rings is 2. The summed E-state index contributed by atoms with van der Waals surface area (Å²) in [6.45, 7) is 7.40. The number of fused-ring (bicyclic) bond motifs is 1. The Balaban J connectivity index is 1.63. The smallest absolute Gasteiger partial charge is 0.295 e. The van der Waals surface area contributed by atoms with E-state index in [1.54, 1.807) is 36.7 Å². The van der Waals surface area contributed by atoms with Crippen LogP contribution >= 0.6 is 0 Å². The minimum atomic E-state index is -0.757. The highest BCUT2D eigenvalue weighted by atomic mass is 16.6. The zero-order valence-electron chi connectivity index (χ0n) is 20.5. The first-order valence-corrected chi connectivity index (χ1v) is 11.9. The average molecular weight is 485 g/mol. The van der Waals surface area contributed by atoms with Crippen LogP contribution in [-0.2, 0) is 21.5 Å². The first-order chi connectivity index (χ1) is 17.2.